The molecule has 0 aliphatic heterocycles. The predicted octanol–water partition coefficient (Wildman–Crippen LogP) is 1.58. The standard InChI is InChI=1S/C23H19N5O5S/c29-18(26-16-4-1-3-15-19(16)23(33)28-27-21(15)31)12-25-20(30)14-8-6-13(7-9-14)11-24-22(32)17-5-2-10-34-17/h1-10H,11-12H2,(H,24,32)(H,25,30)(H,26,29)(H,27,31)(H,28,33). The van der Waals surface area contributed by atoms with Crippen molar-refractivity contribution in [3.63, 3.8) is 0 Å². The number of carbonyl (C=O) groups is 3. The first-order valence-electron chi connectivity index (χ1n) is 10.1. The molecule has 2 aromatic carbocycles. The van der Waals surface area contributed by atoms with Crippen molar-refractivity contribution >= 4 is 45.5 Å². The molecule has 2 aromatic heterocycles. The Hall–Kier alpha value is -4.51. The van der Waals surface area contributed by atoms with Crippen LogP contribution in [0.5, 0.6) is 0 Å². The second-order valence-electron chi connectivity index (χ2n) is 7.22. The molecule has 0 atom stereocenters. The van der Waals surface area contributed by atoms with E-state index in [1.165, 1.54) is 29.5 Å². The summed E-state index contributed by atoms with van der Waals surface area (Å²) >= 11 is 1.35. The third kappa shape index (κ3) is 5.10. The highest BCUT2D eigenvalue weighted by atomic mass is 32.1. The zero-order chi connectivity index (χ0) is 24.1. The number of benzene rings is 2. The average Bonchev–Trinajstić information content (AvgIpc) is 3.39. The van der Waals surface area contributed by atoms with E-state index >= 15 is 0 Å². The van der Waals surface area contributed by atoms with Gasteiger partial charge in [0.05, 0.1) is 27.9 Å². The highest BCUT2D eigenvalue weighted by Gasteiger charge is 2.13. The molecule has 5 N–H and O–H groups in total. The summed E-state index contributed by atoms with van der Waals surface area (Å²) in [5, 5.41) is 14.3. The number of anilines is 1. The molecule has 11 heteroatoms. The van der Waals surface area contributed by atoms with Crippen molar-refractivity contribution in [2.24, 2.45) is 0 Å². The Morgan fingerprint density at radius 1 is 0.824 bits per heavy atom. The van der Waals surface area contributed by atoms with E-state index in [-0.39, 0.29) is 28.9 Å². The Balaban J connectivity index is 1.32. The zero-order valence-electron chi connectivity index (χ0n) is 17.6. The first-order valence-corrected chi connectivity index (χ1v) is 11.0. The number of aromatic amines is 2. The maximum atomic E-state index is 12.4. The number of H-pyrrole nitrogens is 2. The van der Waals surface area contributed by atoms with Gasteiger partial charge in [0.2, 0.25) is 5.91 Å². The first kappa shape index (κ1) is 22.7. The maximum absolute atomic E-state index is 12.4. The largest absolute Gasteiger partial charge is 0.347 e. The molecule has 172 valence electrons. The molecule has 4 aromatic rings. The summed E-state index contributed by atoms with van der Waals surface area (Å²) in [5.74, 6) is -1.19. The molecule has 0 aliphatic rings. The van der Waals surface area contributed by atoms with Gasteiger partial charge in [0.1, 0.15) is 0 Å². The normalized spacial score (nSPS) is 10.6. The van der Waals surface area contributed by atoms with Gasteiger partial charge in [-0.15, -0.1) is 11.3 Å². The van der Waals surface area contributed by atoms with Gasteiger partial charge in [0.15, 0.2) is 0 Å². The fraction of sp³-hybridized carbons (Fsp3) is 0.0870. The summed E-state index contributed by atoms with van der Waals surface area (Å²) < 4.78 is 0. The van der Waals surface area contributed by atoms with Gasteiger partial charge in [0.25, 0.3) is 22.9 Å². The molecule has 0 saturated carbocycles. The van der Waals surface area contributed by atoms with Crippen molar-refractivity contribution in [3.8, 4) is 0 Å². The SMILES string of the molecule is O=C(CNC(=O)c1ccc(CNC(=O)c2cccs2)cc1)Nc1cccc2c(=O)[nH][nH]c(=O)c12. The minimum atomic E-state index is -0.562. The maximum Gasteiger partial charge on any atom is 0.272 e. The van der Waals surface area contributed by atoms with E-state index in [1.54, 1.807) is 36.4 Å². The molecular weight excluding hydrogens is 458 g/mol. The van der Waals surface area contributed by atoms with E-state index in [9.17, 15) is 24.0 Å². The van der Waals surface area contributed by atoms with Crippen LogP contribution in [0.3, 0.4) is 0 Å². The highest BCUT2D eigenvalue weighted by molar-refractivity contribution is 7.12. The number of carbonyl (C=O) groups excluding carboxylic acids is 3. The third-order valence-electron chi connectivity index (χ3n) is 4.92. The van der Waals surface area contributed by atoms with Crippen molar-refractivity contribution < 1.29 is 14.4 Å². The minimum absolute atomic E-state index is 0.0488. The van der Waals surface area contributed by atoms with Gasteiger partial charge in [-0.05, 0) is 41.3 Å². The lowest BCUT2D eigenvalue weighted by Gasteiger charge is -2.09. The summed E-state index contributed by atoms with van der Waals surface area (Å²) in [6.45, 7) is -0.0248. The number of thiophene rings is 1. The van der Waals surface area contributed by atoms with Crippen molar-refractivity contribution in [1.29, 1.82) is 0 Å². The van der Waals surface area contributed by atoms with E-state index in [2.05, 4.69) is 26.1 Å². The Kier molecular flexibility index (Phi) is 6.64. The number of nitrogens with one attached hydrogen (secondary N) is 5. The molecule has 4 rings (SSSR count). The van der Waals surface area contributed by atoms with E-state index < -0.39 is 22.9 Å². The number of hydrogen-bond donors (Lipinski definition) is 5. The highest BCUT2D eigenvalue weighted by Crippen LogP contribution is 2.16. The molecule has 34 heavy (non-hydrogen) atoms. The van der Waals surface area contributed by atoms with Gasteiger partial charge < -0.3 is 16.0 Å². The van der Waals surface area contributed by atoms with E-state index in [0.29, 0.717) is 17.0 Å². The van der Waals surface area contributed by atoms with Gasteiger partial charge in [-0.25, -0.2) is 0 Å². The van der Waals surface area contributed by atoms with Crippen LogP contribution in [0.1, 0.15) is 25.6 Å². The van der Waals surface area contributed by atoms with Crippen LogP contribution in [-0.2, 0) is 11.3 Å². The number of amides is 3. The average molecular weight is 478 g/mol. The molecule has 0 bridgehead atoms. The molecule has 0 saturated heterocycles. The van der Waals surface area contributed by atoms with Crippen LogP contribution in [0, 0.1) is 0 Å². The Morgan fingerprint density at radius 2 is 1.59 bits per heavy atom. The van der Waals surface area contributed by atoms with Gasteiger partial charge >= 0.3 is 0 Å². The van der Waals surface area contributed by atoms with E-state index in [0.717, 1.165) is 5.56 Å². The number of rotatable bonds is 7. The second kappa shape index (κ2) is 9.96. The first-order chi connectivity index (χ1) is 16.4. The fourth-order valence-corrected chi connectivity index (χ4v) is 3.88. The van der Waals surface area contributed by atoms with Crippen LogP contribution in [-0.4, -0.2) is 34.5 Å². The van der Waals surface area contributed by atoms with Crippen molar-refractivity contribution in [1.82, 2.24) is 20.8 Å². The molecule has 3 amide bonds. The van der Waals surface area contributed by atoms with Gasteiger partial charge in [-0.2, -0.15) is 0 Å². The summed E-state index contributed by atoms with van der Waals surface area (Å²) in [7, 11) is 0. The van der Waals surface area contributed by atoms with Crippen LogP contribution in [0.25, 0.3) is 10.8 Å². The predicted molar refractivity (Wildman–Crippen MR) is 128 cm³/mol. The Bertz CT molecular complexity index is 1470. The van der Waals surface area contributed by atoms with Crippen LogP contribution in [0.2, 0.25) is 0 Å². The molecular formula is C23H19N5O5S. The molecule has 2 heterocycles. The smallest absolute Gasteiger partial charge is 0.272 e. The molecule has 0 unspecified atom stereocenters. The van der Waals surface area contributed by atoms with Gasteiger partial charge in [-0.3, -0.25) is 34.2 Å². The quantitative estimate of drug-likeness (QED) is 0.274. The lowest BCUT2D eigenvalue weighted by atomic mass is 10.1. The third-order valence-corrected chi connectivity index (χ3v) is 5.79. The summed E-state index contributed by atoms with van der Waals surface area (Å²) in [6.07, 6.45) is 0. The lowest BCUT2D eigenvalue weighted by molar-refractivity contribution is -0.115. The lowest BCUT2D eigenvalue weighted by Crippen LogP contribution is -2.33. The number of fused-ring (bicyclic) bond motifs is 1. The Labute approximate surface area is 196 Å². The van der Waals surface area contributed by atoms with E-state index in [1.807, 2.05) is 5.38 Å². The second-order valence-corrected chi connectivity index (χ2v) is 8.17. The Morgan fingerprint density at radius 3 is 2.32 bits per heavy atom. The fourth-order valence-electron chi connectivity index (χ4n) is 3.24. The molecule has 0 radical (unpaired) electrons. The minimum Gasteiger partial charge on any atom is -0.347 e. The molecule has 0 spiro atoms. The van der Waals surface area contributed by atoms with Crippen molar-refractivity contribution in [3.05, 3.63) is 96.7 Å². The molecule has 10 nitrogen and oxygen atoms in total. The van der Waals surface area contributed by atoms with Gasteiger partial charge in [-0.1, -0.05) is 24.3 Å². The van der Waals surface area contributed by atoms with E-state index in [4.69, 9.17) is 0 Å². The summed E-state index contributed by atoms with van der Waals surface area (Å²) in [5.41, 5.74) is 0.275. The van der Waals surface area contributed by atoms with Crippen molar-refractivity contribution in [2.45, 2.75) is 6.54 Å². The number of aromatic nitrogens is 2. The van der Waals surface area contributed by atoms with Gasteiger partial charge in [0, 0.05) is 12.1 Å². The topological polar surface area (TPSA) is 153 Å². The molecule has 0 fully saturated rings. The van der Waals surface area contributed by atoms with Crippen LogP contribution < -0.4 is 27.1 Å². The monoisotopic (exact) mass is 477 g/mol. The van der Waals surface area contributed by atoms with Crippen molar-refractivity contribution in [2.75, 3.05) is 11.9 Å². The summed E-state index contributed by atoms with van der Waals surface area (Å²) in [6, 6.07) is 14.7. The van der Waals surface area contributed by atoms with Crippen LogP contribution in [0.4, 0.5) is 5.69 Å². The number of hydrogen-bond acceptors (Lipinski definition) is 6. The van der Waals surface area contributed by atoms with Crippen LogP contribution in [0.15, 0.2) is 69.6 Å². The summed E-state index contributed by atoms with van der Waals surface area (Å²) in [4.78, 5) is 61.3. The molecule has 0 aliphatic carbocycles. The zero-order valence-corrected chi connectivity index (χ0v) is 18.5. The van der Waals surface area contributed by atoms with Crippen LogP contribution >= 0.6 is 11.3 Å².